The average Bonchev–Trinajstić information content (AvgIpc) is 3.14. The first kappa shape index (κ1) is 11.2. The van der Waals surface area contributed by atoms with Crippen LogP contribution in [0.15, 0.2) is 24.3 Å². The third-order valence-corrected chi connectivity index (χ3v) is 3.78. The van der Waals surface area contributed by atoms with Gasteiger partial charge in [0.1, 0.15) is 5.82 Å². The molecule has 1 aliphatic heterocycles. The lowest BCUT2D eigenvalue weighted by Gasteiger charge is -2.36. The highest BCUT2D eigenvalue weighted by molar-refractivity contribution is 5.21. The van der Waals surface area contributed by atoms with Gasteiger partial charge < -0.3 is 5.32 Å². The number of halogens is 1. The molecule has 3 heteroatoms. The highest BCUT2D eigenvalue weighted by Gasteiger charge is 2.30. The summed E-state index contributed by atoms with van der Waals surface area (Å²) in [6.45, 7) is 4.26. The molecule has 0 amide bonds. The van der Waals surface area contributed by atoms with Crippen molar-refractivity contribution in [2.45, 2.75) is 18.9 Å². The maximum absolute atomic E-state index is 13.3. The molecule has 92 valence electrons. The van der Waals surface area contributed by atoms with Crippen LogP contribution in [0.4, 0.5) is 4.39 Å². The summed E-state index contributed by atoms with van der Waals surface area (Å²) in [5.74, 6) is 0.767. The molecule has 1 aliphatic carbocycles. The van der Waals surface area contributed by atoms with Crippen LogP contribution in [-0.2, 0) is 0 Å². The maximum atomic E-state index is 13.3. The Labute approximate surface area is 102 Å². The molecule has 1 saturated heterocycles. The predicted octanol–water partition coefficient (Wildman–Crippen LogP) is 2.18. The number of nitrogens with zero attached hydrogens (tertiary/aromatic N) is 1. The van der Waals surface area contributed by atoms with Gasteiger partial charge in [-0.05, 0) is 36.5 Å². The fourth-order valence-electron chi connectivity index (χ4n) is 2.64. The van der Waals surface area contributed by atoms with E-state index >= 15 is 0 Å². The number of hydrogen-bond acceptors (Lipinski definition) is 2. The topological polar surface area (TPSA) is 15.3 Å². The van der Waals surface area contributed by atoms with Crippen LogP contribution < -0.4 is 5.32 Å². The van der Waals surface area contributed by atoms with E-state index in [0.29, 0.717) is 6.04 Å². The van der Waals surface area contributed by atoms with E-state index in [1.54, 1.807) is 6.07 Å². The lowest BCUT2D eigenvalue weighted by atomic mass is 10.0. The molecular formula is C14H19FN2. The van der Waals surface area contributed by atoms with Gasteiger partial charge in [-0.15, -0.1) is 0 Å². The molecule has 1 aromatic carbocycles. The molecule has 2 aliphatic rings. The van der Waals surface area contributed by atoms with Crippen molar-refractivity contribution >= 4 is 0 Å². The third-order valence-electron chi connectivity index (χ3n) is 3.78. The van der Waals surface area contributed by atoms with Gasteiger partial charge >= 0.3 is 0 Å². The SMILES string of the molecule is Fc1cccc(C2CNCCN2CC2CC2)c1. The van der Waals surface area contributed by atoms with E-state index in [0.717, 1.165) is 31.1 Å². The summed E-state index contributed by atoms with van der Waals surface area (Å²) in [5.41, 5.74) is 1.11. The molecular weight excluding hydrogens is 215 g/mol. The summed E-state index contributed by atoms with van der Waals surface area (Å²) in [6.07, 6.45) is 2.75. The third kappa shape index (κ3) is 2.67. The molecule has 1 aromatic rings. The van der Waals surface area contributed by atoms with Crippen molar-refractivity contribution in [3.05, 3.63) is 35.6 Å². The highest BCUT2D eigenvalue weighted by Crippen LogP contribution is 2.33. The van der Waals surface area contributed by atoms with Crippen molar-refractivity contribution in [1.29, 1.82) is 0 Å². The second-order valence-electron chi connectivity index (χ2n) is 5.21. The molecule has 0 aromatic heterocycles. The number of rotatable bonds is 3. The molecule has 1 N–H and O–H groups in total. The smallest absolute Gasteiger partial charge is 0.123 e. The van der Waals surface area contributed by atoms with Crippen molar-refractivity contribution < 1.29 is 4.39 Å². The Morgan fingerprint density at radius 2 is 2.24 bits per heavy atom. The minimum absolute atomic E-state index is 0.126. The van der Waals surface area contributed by atoms with E-state index < -0.39 is 0 Å². The lowest BCUT2D eigenvalue weighted by Crippen LogP contribution is -2.46. The molecule has 1 unspecified atom stereocenters. The standard InChI is InChI=1S/C14H19FN2/c15-13-3-1-2-12(8-13)14-9-16-6-7-17(14)10-11-4-5-11/h1-3,8,11,14,16H,4-7,9-10H2. The normalized spacial score (nSPS) is 26.1. The monoisotopic (exact) mass is 234 g/mol. The van der Waals surface area contributed by atoms with Crippen molar-refractivity contribution in [1.82, 2.24) is 10.2 Å². The van der Waals surface area contributed by atoms with Crippen molar-refractivity contribution in [2.24, 2.45) is 5.92 Å². The van der Waals surface area contributed by atoms with E-state index in [-0.39, 0.29) is 5.82 Å². The summed E-state index contributed by atoms with van der Waals surface area (Å²) in [5, 5.41) is 3.41. The zero-order valence-electron chi connectivity index (χ0n) is 10.0. The van der Waals surface area contributed by atoms with E-state index in [1.165, 1.54) is 25.5 Å². The summed E-state index contributed by atoms with van der Waals surface area (Å²) >= 11 is 0. The Morgan fingerprint density at radius 1 is 1.35 bits per heavy atom. The molecule has 2 nitrogen and oxygen atoms in total. The van der Waals surface area contributed by atoms with E-state index in [2.05, 4.69) is 10.2 Å². The molecule has 2 fully saturated rings. The quantitative estimate of drug-likeness (QED) is 0.862. The summed E-state index contributed by atoms with van der Waals surface area (Å²) < 4.78 is 13.3. The van der Waals surface area contributed by atoms with Crippen LogP contribution in [0.25, 0.3) is 0 Å². The second kappa shape index (κ2) is 4.75. The first-order valence-corrected chi connectivity index (χ1v) is 6.53. The van der Waals surface area contributed by atoms with Crippen LogP contribution >= 0.6 is 0 Å². The van der Waals surface area contributed by atoms with Gasteiger partial charge in [0.15, 0.2) is 0 Å². The average molecular weight is 234 g/mol. The first-order chi connectivity index (χ1) is 8.33. The molecule has 1 heterocycles. The fourth-order valence-corrected chi connectivity index (χ4v) is 2.64. The predicted molar refractivity (Wildman–Crippen MR) is 66.3 cm³/mol. The van der Waals surface area contributed by atoms with Gasteiger partial charge in [-0.2, -0.15) is 0 Å². The van der Waals surface area contributed by atoms with E-state index in [1.807, 2.05) is 12.1 Å². The Bertz CT molecular complexity index is 390. The van der Waals surface area contributed by atoms with Gasteiger partial charge in [-0.25, -0.2) is 4.39 Å². The van der Waals surface area contributed by atoms with Gasteiger partial charge in [0.2, 0.25) is 0 Å². The lowest BCUT2D eigenvalue weighted by molar-refractivity contribution is 0.155. The number of piperazine rings is 1. The van der Waals surface area contributed by atoms with Crippen molar-refractivity contribution in [3.63, 3.8) is 0 Å². The largest absolute Gasteiger partial charge is 0.314 e. The van der Waals surface area contributed by atoms with Gasteiger partial charge in [0.05, 0.1) is 0 Å². The zero-order chi connectivity index (χ0) is 11.7. The molecule has 1 saturated carbocycles. The fraction of sp³-hybridized carbons (Fsp3) is 0.571. The van der Waals surface area contributed by atoms with Crippen LogP contribution in [-0.4, -0.2) is 31.1 Å². The van der Waals surface area contributed by atoms with Gasteiger partial charge in [-0.3, -0.25) is 4.90 Å². The minimum Gasteiger partial charge on any atom is -0.314 e. The number of nitrogens with one attached hydrogen (secondary N) is 1. The van der Waals surface area contributed by atoms with Crippen molar-refractivity contribution in [2.75, 3.05) is 26.2 Å². The Balaban J connectivity index is 1.77. The number of hydrogen-bond donors (Lipinski definition) is 1. The maximum Gasteiger partial charge on any atom is 0.123 e. The Morgan fingerprint density at radius 3 is 3.00 bits per heavy atom. The molecule has 0 bridgehead atoms. The number of benzene rings is 1. The highest BCUT2D eigenvalue weighted by atomic mass is 19.1. The molecule has 3 rings (SSSR count). The van der Waals surface area contributed by atoms with Crippen LogP contribution in [0, 0.1) is 11.7 Å². The van der Waals surface area contributed by atoms with Gasteiger partial charge in [0, 0.05) is 32.2 Å². The van der Waals surface area contributed by atoms with Crippen LogP contribution in [0.2, 0.25) is 0 Å². The molecule has 1 atom stereocenters. The van der Waals surface area contributed by atoms with Gasteiger partial charge in [0.25, 0.3) is 0 Å². The molecule has 0 radical (unpaired) electrons. The summed E-state index contributed by atoms with van der Waals surface area (Å²) in [7, 11) is 0. The van der Waals surface area contributed by atoms with Crippen LogP contribution in [0.1, 0.15) is 24.4 Å². The van der Waals surface area contributed by atoms with E-state index in [9.17, 15) is 4.39 Å². The molecule has 0 spiro atoms. The second-order valence-corrected chi connectivity index (χ2v) is 5.21. The Hall–Kier alpha value is -0.930. The summed E-state index contributed by atoms with van der Waals surface area (Å²) in [6, 6.07) is 7.40. The zero-order valence-corrected chi connectivity index (χ0v) is 10.0. The first-order valence-electron chi connectivity index (χ1n) is 6.53. The van der Waals surface area contributed by atoms with E-state index in [4.69, 9.17) is 0 Å². The molecule has 17 heavy (non-hydrogen) atoms. The minimum atomic E-state index is -0.126. The van der Waals surface area contributed by atoms with Gasteiger partial charge in [-0.1, -0.05) is 12.1 Å². The Kier molecular flexibility index (Phi) is 3.12. The van der Waals surface area contributed by atoms with Crippen molar-refractivity contribution in [3.8, 4) is 0 Å². The van der Waals surface area contributed by atoms with Crippen LogP contribution in [0.3, 0.4) is 0 Å². The summed E-state index contributed by atoms with van der Waals surface area (Å²) in [4.78, 5) is 2.52. The van der Waals surface area contributed by atoms with Crippen LogP contribution in [0.5, 0.6) is 0 Å².